The summed E-state index contributed by atoms with van der Waals surface area (Å²) in [6.45, 7) is 5.83. The molecule has 3 heteroatoms. The van der Waals surface area contributed by atoms with Gasteiger partial charge in [0, 0.05) is 32.7 Å². The van der Waals surface area contributed by atoms with Crippen LogP contribution >= 0.6 is 0 Å². The van der Waals surface area contributed by atoms with E-state index in [9.17, 15) is 0 Å². The molecule has 2 saturated heterocycles. The summed E-state index contributed by atoms with van der Waals surface area (Å²) in [5, 5.41) is 6.97. The Bertz CT molecular complexity index is 113. The first-order chi connectivity index (χ1) is 4.81. The van der Waals surface area contributed by atoms with Gasteiger partial charge in [-0.05, 0) is 7.05 Å². The zero-order valence-corrected chi connectivity index (χ0v) is 6.48. The summed E-state index contributed by atoms with van der Waals surface area (Å²) in [4.78, 5) is 2.35. The molecular formula is C7H15N3. The fraction of sp³-hybridized carbons (Fsp3) is 1.00. The molecule has 0 aromatic rings. The lowest BCUT2D eigenvalue weighted by molar-refractivity contribution is 0.0538. The average Bonchev–Trinajstić information content (AvgIpc) is 1.87. The highest BCUT2D eigenvalue weighted by Crippen LogP contribution is 2.18. The topological polar surface area (TPSA) is 27.3 Å². The van der Waals surface area contributed by atoms with Crippen molar-refractivity contribution in [3.63, 3.8) is 0 Å². The number of piperazine rings is 1. The van der Waals surface area contributed by atoms with Gasteiger partial charge >= 0.3 is 0 Å². The fourth-order valence-corrected chi connectivity index (χ4v) is 2.02. The van der Waals surface area contributed by atoms with Crippen LogP contribution in [0.3, 0.4) is 0 Å². The molecule has 0 atom stereocenters. The minimum absolute atomic E-state index is 0.438. The molecule has 2 rings (SSSR count). The molecule has 0 unspecified atom stereocenters. The SMILES string of the molecule is CN1CC2(CNCCN2)C1. The largest absolute Gasteiger partial charge is 0.314 e. The van der Waals surface area contributed by atoms with Crippen LogP contribution in [0.5, 0.6) is 0 Å². The fourth-order valence-electron chi connectivity index (χ4n) is 2.02. The highest BCUT2D eigenvalue weighted by Gasteiger charge is 2.41. The Morgan fingerprint density at radius 2 is 2.10 bits per heavy atom. The van der Waals surface area contributed by atoms with Gasteiger partial charge in [-0.15, -0.1) is 0 Å². The van der Waals surface area contributed by atoms with Crippen molar-refractivity contribution in [3.8, 4) is 0 Å². The maximum absolute atomic E-state index is 3.56. The van der Waals surface area contributed by atoms with Crippen LogP contribution < -0.4 is 10.6 Å². The van der Waals surface area contributed by atoms with Gasteiger partial charge in [-0.2, -0.15) is 0 Å². The molecule has 10 heavy (non-hydrogen) atoms. The molecule has 0 aromatic heterocycles. The normalized spacial score (nSPS) is 32.1. The Kier molecular flexibility index (Phi) is 1.44. The molecular weight excluding hydrogens is 126 g/mol. The maximum Gasteiger partial charge on any atom is 0.0563 e. The van der Waals surface area contributed by atoms with E-state index < -0.39 is 0 Å². The Morgan fingerprint density at radius 3 is 2.60 bits per heavy atom. The van der Waals surface area contributed by atoms with Gasteiger partial charge in [0.1, 0.15) is 0 Å². The molecule has 0 aliphatic carbocycles. The lowest BCUT2D eigenvalue weighted by Gasteiger charge is -2.51. The van der Waals surface area contributed by atoms with Crippen molar-refractivity contribution >= 4 is 0 Å². The molecule has 2 fully saturated rings. The van der Waals surface area contributed by atoms with Crippen LogP contribution in [0, 0.1) is 0 Å². The zero-order chi connectivity index (χ0) is 7.03. The van der Waals surface area contributed by atoms with Crippen molar-refractivity contribution in [3.05, 3.63) is 0 Å². The molecule has 0 bridgehead atoms. The molecule has 2 aliphatic rings. The predicted molar refractivity (Wildman–Crippen MR) is 41.1 cm³/mol. The second-order valence-corrected chi connectivity index (χ2v) is 3.56. The summed E-state index contributed by atoms with van der Waals surface area (Å²) >= 11 is 0. The highest BCUT2D eigenvalue weighted by molar-refractivity contribution is 5.04. The first-order valence-corrected chi connectivity index (χ1v) is 3.95. The van der Waals surface area contributed by atoms with Crippen LogP contribution in [0.1, 0.15) is 0 Å². The lowest BCUT2D eigenvalue weighted by atomic mass is 9.89. The van der Waals surface area contributed by atoms with Crippen molar-refractivity contribution in [1.29, 1.82) is 0 Å². The van der Waals surface area contributed by atoms with Crippen LogP contribution in [-0.4, -0.2) is 50.2 Å². The summed E-state index contributed by atoms with van der Waals surface area (Å²) in [7, 11) is 2.17. The smallest absolute Gasteiger partial charge is 0.0563 e. The summed E-state index contributed by atoms with van der Waals surface area (Å²) < 4.78 is 0. The minimum atomic E-state index is 0.438. The molecule has 58 valence electrons. The second-order valence-electron chi connectivity index (χ2n) is 3.56. The number of nitrogens with one attached hydrogen (secondary N) is 2. The van der Waals surface area contributed by atoms with Gasteiger partial charge in [-0.3, -0.25) is 0 Å². The number of nitrogens with zero attached hydrogens (tertiary/aromatic N) is 1. The quantitative estimate of drug-likeness (QED) is 0.447. The van der Waals surface area contributed by atoms with Crippen LogP contribution in [0.4, 0.5) is 0 Å². The van der Waals surface area contributed by atoms with Crippen LogP contribution in [0.25, 0.3) is 0 Å². The number of rotatable bonds is 0. The van der Waals surface area contributed by atoms with Crippen LogP contribution in [0.2, 0.25) is 0 Å². The third-order valence-corrected chi connectivity index (χ3v) is 2.41. The van der Waals surface area contributed by atoms with Gasteiger partial charge in [0.15, 0.2) is 0 Å². The van der Waals surface area contributed by atoms with Gasteiger partial charge in [0.25, 0.3) is 0 Å². The van der Waals surface area contributed by atoms with Crippen LogP contribution in [-0.2, 0) is 0 Å². The molecule has 0 radical (unpaired) electrons. The maximum atomic E-state index is 3.56. The molecule has 0 saturated carbocycles. The molecule has 3 nitrogen and oxygen atoms in total. The third-order valence-electron chi connectivity index (χ3n) is 2.41. The summed E-state index contributed by atoms with van der Waals surface area (Å²) in [6.07, 6.45) is 0. The number of likely N-dealkylation sites (tertiary alicyclic amines) is 1. The molecule has 0 aromatic carbocycles. The second kappa shape index (κ2) is 2.19. The average molecular weight is 141 g/mol. The lowest BCUT2D eigenvalue weighted by Crippen LogP contribution is -2.74. The number of hydrogen-bond acceptors (Lipinski definition) is 3. The monoisotopic (exact) mass is 141 g/mol. The van der Waals surface area contributed by atoms with E-state index in [1.165, 1.54) is 13.1 Å². The Hall–Kier alpha value is -0.120. The van der Waals surface area contributed by atoms with Crippen LogP contribution in [0.15, 0.2) is 0 Å². The Labute approximate surface area is 61.8 Å². The van der Waals surface area contributed by atoms with Crippen molar-refractivity contribution in [2.24, 2.45) is 0 Å². The first kappa shape index (κ1) is 6.58. The van der Waals surface area contributed by atoms with E-state index in [0.717, 1.165) is 19.6 Å². The van der Waals surface area contributed by atoms with E-state index in [0.29, 0.717) is 5.54 Å². The first-order valence-electron chi connectivity index (χ1n) is 3.95. The molecule has 0 amide bonds. The van der Waals surface area contributed by atoms with Gasteiger partial charge in [-0.25, -0.2) is 0 Å². The Morgan fingerprint density at radius 1 is 1.30 bits per heavy atom. The summed E-state index contributed by atoms with van der Waals surface area (Å²) in [6, 6.07) is 0. The number of likely N-dealkylation sites (N-methyl/N-ethyl adjacent to an activating group) is 1. The van der Waals surface area contributed by atoms with Gasteiger partial charge in [0.2, 0.25) is 0 Å². The van der Waals surface area contributed by atoms with E-state index in [1.54, 1.807) is 0 Å². The van der Waals surface area contributed by atoms with Crippen molar-refractivity contribution in [2.75, 3.05) is 39.8 Å². The Balaban J connectivity index is 1.90. The molecule has 1 spiro atoms. The molecule has 2 aliphatic heterocycles. The van der Waals surface area contributed by atoms with Gasteiger partial charge in [-0.1, -0.05) is 0 Å². The standard InChI is InChI=1S/C7H15N3/c1-10-5-7(6-10)4-8-2-3-9-7/h8-9H,2-6H2,1H3. The predicted octanol–water partition coefficient (Wildman–Crippen LogP) is -1.14. The van der Waals surface area contributed by atoms with E-state index in [2.05, 4.69) is 22.6 Å². The minimum Gasteiger partial charge on any atom is -0.314 e. The zero-order valence-electron chi connectivity index (χ0n) is 6.48. The van der Waals surface area contributed by atoms with Crippen molar-refractivity contribution in [1.82, 2.24) is 15.5 Å². The van der Waals surface area contributed by atoms with Crippen molar-refractivity contribution in [2.45, 2.75) is 5.54 Å². The third kappa shape index (κ3) is 0.944. The molecule has 2 N–H and O–H groups in total. The summed E-state index contributed by atoms with van der Waals surface area (Å²) in [5.41, 5.74) is 0.438. The van der Waals surface area contributed by atoms with E-state index in [-0.39, 0.29) is 0 Å². The summed E-state index contributed by atoms with van der Waals surface area (Å²) in [5.74, 6) is 0. The van der Waals surface area contributed by atoms with E-state index in [4.69, 9.17) is 0 Å². The van der Waals surface area contributed by atoms with E-state index >= 15 is 0 Å². The molecule has 2 heterocycles. The van der Waals surface area contributed by atoms with E-state index in [1.807, 2.05) is 0 Å². The van der Waals surface area contributed by atoms with Gasteiger partial charge in [0.05, 0.1) is 5.54 Å². The highest BCUT2D eigenvalue weighted by atomic mass is 15.3. The number of hydrogen-bond donors (Lipinski definition) is 2. The van der Waals surface area contributed by atoms with Gasteiger partial charge < -0.3 is 15.5 Å². The van der Waals surface area contributed by atoms with Crippen molar-refractivity contribution < 1.29 is 0 Å².